The molecule has 8 bridgehead atoms. The molecule has 0 amide bonds. The number of ether oxygens (including phenoxy) is 2. The Hall–Kier alpha value is -1.52. The van der Waals surface area contributed by atoms with E-state index in [-0.39, 0.29) is 42.6 Å². The van der Waals surface area contributed by atoms with Crippen molar-refractivity contribution in [2.24, 2.45) is 34.5 Å². The molecule has 0 N–H and O–H groups in total. The van der Waals surface area contributed by atoms with E-state index in [4.69, 9.17) is 21.2 Å². The molecular weight excluding hydrogens is 805 g/mol. The van der Waals surface area contributed by atoms with Gasteiger partial charge < -0.3 is 9.47 Å². The van der Waals surface area contributed by atoms with Gasteiger partial charge in [-0.05, 0) is 146 Å². The van der Waals surface area contributed by atoms with Gasteiger partial charge in [-0.25, -0.2) is 0 Å². The summed E-state index contributed by atoms with van der Waals surface area (Å²) in [7, 11) is -0.123. The fourth-order valence-electron chi connectivity index (χ4n) is 17.2. The molecule has 2 aromatic rings. The molecule has 0 saturated heterocycles. The van der Waals surface area contributed by atoms with Crippen molar-refractivity contribution >= 4 is 32.7 Å². The van der Waals surface area contributed by atoms with E-state index < -0.39 is 5.79 Å². The van der Waals surface area contributed by atoms with Crippen LogP contribution in [0, 0.1) is 34.5 Å². The van der Waals surface area contributed by atoms with Crippen LogP contribution >= 0.6 is 21.0 Å². The third-order valence-corrected chi connectivity index (χ3v) is 23.8. The van der Waals surface area contributed by atoms with Crippen LogP contribution in [-0.2, 0) is 33.2 Å². The van der Waals surface area contributed by atoms with Gasteiger partial charge in [0.1, 0.15) is 11.5 Å². The van der Waals surface area contributed by atoms with Gasteiger partial charge in [0.15, 0.2) is 0 Å². The standard InChI is InChI=1S/C59H88O2S2/c1-13-56-27-39-21-40(28-56)32-58(31-39,37-56)47-25-45(53(3,4)5)23-43-35-62(11)49-19-17-15-16-18-20-50(49)63(12)36-44-24-46(54(6,7)8)26-48(52(44)61-55(9,10)60-51(43)47)59-33-41-22-42(34-59)30-57(14-2,29-41)38-59/h23-26,39-42,49-50H,11-22,27-38H2,1-10H3. The zero-order chi connectivity index (χ0) is 44.5. The zero-order valence-electron chi connectivity index (χ0n) is 41.9. The molecule has 0 radical (unpaired) electrons. The number of hydrogen-bond donors (Lipinski definition) is 0. The first-order chi connectivity index (χ1) is 29.6. The summed E-state index contributed by atoms with van der Waals surface area (Å²) in [5.41, 5.74) is 10.3. The SMILES string of the molecule is C=S1Cc2cc(C(C)(C)C)cc(C34CC5CC(CC(CC)(C5)C3)C4)c2OC(C)(C)Oc2c(cc(C(C)(C)C)cc2C23CC4CC(CC(CC)(C4)C2)C3)CS(=C)C2CCCCCCC21. The Labute approximate surface area is 390 Å². The molecule has 9 fully saturated rings. The molecule has 2 aromatic carbocycles. The molecule has 10 aliphatic rings. The summed E-state index contributed by atoms with van der Waals surface area (Å²) >= 11 is 0. The molecule has 9 saturated carbocycles. The molecule has 348 valence electrons. The smallest absolute Gasteiger partial charge is 0.245 e. The first-order valence-corrected chi connectivity index (χ1v) is 29.6. The maximum Gasteiger partial charge on any atom is 0.245 e. The molecule has 63 heavy (non-hydrogen) atoms. The second-order valence-electron chi connectivity index (χ2n) is 26.7. The summed E-state index contributed by atoms with van der Waals surface area (Å²) in [6.45, 7) is 24.3. The fraction of sp³-hybridized carbons (Fsp3) is 0.763. The van der Waals surface area contributed by atoms with E-state index in [1.807, 2.05) is 0 Å². The number of fused-ring (bicyclic) bond motifs is 3. The largest absolute Gasteiger partial charge is 0.452 e. The van der Waals surface area contributed by atoms with Gasteiger partial charge in [0.25, 0.3) is 0 Å². The average Bonchev–Trinajstić information content (AvgIpc) is 3.16. The first-order valence-electron chi connectivity index (χ1n) is 26.4. The molecular formula is C59H88O2S2. The van der Waals surface area contributed by atoms with Crippen molar-refractivity contribution in [2.45, 2.75) is 247 Å². The highest BCUT2D eigenvalue weighted by atomic mass is 32.2. The van der Waals surface area contributed by atoms with Crippen molar-refractivity contribution in [2.75, 3.05) is 0 Å². The number of benzene rings is 2. The lowest BCUT2D eigenvalue weighted by atomic mass is 9.42. The predicted octanol–water partition coefficient (Wildman–Crippen LogP) is 16.5. The number of rotatable bonds is 4. The Balaban J connectivity index is 1.20. The Morgan fingerprint density at radius 1 is 0.556 bits per heavy atom. The van der Waals surface area contributed by atoms with Crippen LogP contribution in [0.25, 0.3) is 0 Å². The molecule has 1 aliphatic heterocycles. The molecule has 8 atom stereocenters. The van der Waals surface area contributed by atoms with E-state index in [2.05, 4.69) is 93.5 Å². The highest BCUT2D eigenvalue weighted by Crippen LogP contribution is 2.70. The Bertz CT molecular complexity index is 1960. The minimum absolute atomic E-state index is 0.0381. The molecule has 8 unspecified atom stereocenters. The second-order valence-corrected chi connectivity index (χ2v) is 30.7. The van der Waals surface area contributed by atoms with Gasteiger partial charge >= 0.3 is 0 Å². The van der Waals surface area contributed by atoms with E-state index >= 15 is 0 Å². The highest BCUT2D eigenvalue weighted by molar-refractivity contribution is 8.17. The Morgan fingerprint density at radius 3 is 1.25 bits per heavy atom. The topological polar surface area (TPSA) is 18.5 Å². The van der Waals surface area contributed by atoms with E-state index in [1.54, 1.807) is 11.1 Å². The molecule has 12 rings (SSSR count). The van der Waals surface area contributed by atoms with Crippen molar-refractivity contribution in [1.82, 2.24) is 0 Å². The third-order valence-electron chi connectivity index (χ3n) is 19.4. The average molecular weight is 893 g/mol. The highest BCUT2D eigenvalue weighted by Gasteiger charge is 2.60. The van der Waals surface area contributed by atoms with Gasteiger partial charge in [-0.15, -0.1) is 0 Å². The Kier molecular flexibility index (Phi) is 11.3. The fourth-order valence-corrected chi connectivity index (χ4v) is 21.9. The lowest BCUT2D eigenvalue weighted by molar-refractivity contribution is -0.0964. The van der Waals surface area contributed by atoms with Gasteiger partial charge in [0.2, 0.25) is 5.79 Å². The molecule has 2 nitrogen and oxygen atoms in total. The van der Waals surface area contributed by atoms with Crippen LogP contribution in [0.15, 0.2) is 24.3 Å². The normalized spacial score (nSPS) is 40.8. The maximum atomic E-state index is 7.92. The molecule has 9 aliphatic carbocycles. The predicted molar refractivity (Wildman–Crippen MR) is 276 cm³/mol. The van der Waals surface area contributed by atoms with Crippen LogP contribution in [0.4, 0.5) is 0 Å². The van der Waals surface area contributed by atoms with Crippen molar-refractivity contribution in [3.63, 3.8) is 0 Å². The third kappa shape index (κ3) is 8.13. The van der Waals surface area contributed by atoms with Crippen LogP contribution < -0.4 is 9.47 Å². The van der Waals surface area contributed by atoms with E-state index in [0.29, 0.717) is 21.3 Å². The van der Waals surface area contributed by atoms with Crippen LogP contribution in [-0.4, -0.2) is 28.0 Å². The summed E-state index contributed by atoms with van der Waals surface area (Å²) < 4.78 is 15.8. The lowest BCUT2D eigenvalue weighted by Crippen LogP contribution is -2.54. The maximum absolute atomic E-state index is 7.92. The van der Waals surface area contributed by atoms with Crippen LogP contribution in [0.5, 0.6) is 11.5 Å². The molecule has 0 aromatic heterocycles. The van der Waals surface area contributed by atoms with Gasteiger partial charge in [-0.1, -0.05) is 130 Å². The summed E-state index contributed by atoms with van der Waals surface area (Å²) in [6, 6.07) is 10.6. The Morgan fingerprint density at radius 2 is 0.921 bits per heavy atom. The van der Waals surface area contributed by atoms with E-state index in [1.165, 1.54) is 162 Å². The van der Waals surface area contributed by atoms with Crippen LogP contribution in [0.1, 0.15) is 231 Å². The first kappa shape index (κ1) is 45.3. The molecule has 4 heteroatoms. The lowest BCUT2D eigenvalue weighted by Gasteiger charge is -2.63. The summed E-state index contributed by atoms with van der Waals surface area (Å²) in [5, 5.41) is 1.17. The van der Waals surface area contributed by atoms with Crippen molar-refractivity contribution in [3.8, 4) is 11.5 Å². The van der Waals surface area contributed by atoms with E-state index in [9.17, 15) is 0 Å². The summed E-state index contributed by atoms with van der Waals surface area (Å²) in [6.07, 6.45) is 27.2. The van der Waals surface area contributed by atoms with Gasteiger partial charge in [0.05, 0.1) is 0 Å². The minimum Gasteiger partial charge on any atom is -0.452 e. The molecule has 0 spiro atoms. The van der Waals surface area contributed by atoms with Crippen LogP contribution in [0.3, 0.4) is 0 Å². The quantitative estimate of drug-likeness (QED) is 0.285. The van der Waals surface area contributed by atoms with Crippen molar-refractivity contribution in [3.05, 3.63) is 57.6 Å². The van der Waals surface area contributed by atoms with E-state index in [0.717, 1.165) is 35.2 Å². The number of hydrogen-bond acceptors (Lipinski definition) is 2. The van der Waals surface area contributed by atoms with Gasteiger partial charge in [-0.2, -0.15) is 21.0 Å². The summed E-state index contributed by atoms with van der Waals surface area (Å²) in [5.74, 6) is 17.4. The second kappa shape index (κ2) is 15.8. The van der Waals surface area contributed by atoms with Gasteiger partial charge in [0, 0.05) is 68.9 Å². The van der Waals surface area contributed by atoms with Crippen molar-refractivity contribution in [1.29, 1.82) is 0 Å². The minimum atomic E-state index is -0.871. The van der Waals surface area contributed by atoms with Gasteiger partial charge in [-0.3, -0.25) is 0 Å². The monoisotopic (exact) mass is 893 g/mol. The summed E-state index contributed by atoms with van der Waals surface area (Å²) in [4.78, 5) is 0. The molecule has 1 heterocycles. The zero-order valence-corrected chi connectivity index (χ0v) is 43.5. The van der Waals surface area contributed by atoms with Crippen molar-refractivity contribution < 1.29 is 9.47 Å². The van der Waals surface area contributed by atoms with Crippen LogP contribution in [0.2, 0.25) is 0 Å².